The molecule has 2 aliphatic rings. The van der Waals surface area contributed by atoms with E-state index < -0.39 is 11.6 Å². The molecule has 2 aromatic heterocycles. The molecule has 4 heterocycles. The number of thiophene rings is 1. The van der Waals surface area contributed by atoms with E-state index in [1.807, 2.05) is 12.1 Å². The van der Waals surface area contributed by atoms with Gasteiger partial charge in [0.2, 0.25) is 0 Å². The molecule has 8 heteroatoms. The fourth-order valence-corrected chi connectivity index (χ4v) is 5.66. The van der Waals surface area contributed by atoms with E-state index >= 15 is 0 Å². The van der Waals surface area contributed by atoms with E-state index in [2.05, 4.69) is 49.5 Å². The van der Waals surface area contributed by atoms with Crippen molar-refractivity contribution in [2.75, 3.05) is 23.3 Å². The Hall–Kier alpha value is -3.54. The Morgan fingerprint density at radius 3 is 2.83 bits per heavy atom. The minimum atomic E-state index is -0.548. The number of anilines is 3. The van der Waals surface area contributed by atoms with E-state index in [4.69, 9.17) is 0 Å². The van der Waals surface area contributed by atoms with E-state index in [1.54, 1.807) is 17.7 Å². The molecular weight excluding hydrogens is 464 g/mol. The van der Waals surface area contributed by atoms with Gasteiger partial charge in [0.1, 0.15) is 18.0 Å². The first-order valence-corrected chi connectivity index (χ1v) is 12.5. The van der Waals surface area contributed by atoms with Gasteiger partial charge in [-0.05, 0) is 73.3 Å². The van der Waals surface area contributed by atoms with Crippen LogP contribution in [0.2, 0.25) is 0 Å². The first kappa shape index (κ1) is 22.0. The normalized spacial score (nSPS) is 16.9. The van der Waals surface area contributed by atoms with Crippen LogP contribution < -0.4 is 15.5 Å². The van der Waals surface area contributed by atoms with E-state index in [1.165, 1.54) is 24.1 Å². The summed E-state index contributed by atoms with van der Waals surface area (Å²) in [6.07, 6.45) is 4.71. The maximum atomic E-state index is 13.6. The molecule has 4 aromatic rings. The van der Waals surface area contributed by atoms with Crippen LogP contribution in [0.25, 0.3) is 10.2 Å². The quantitative estimate of drug-likeness (QED) is 0.379. The topological polar surface area (TPSA) is 53.1 Å². The lowest BCUT2D eigenvalue weighted by Gasteiger charge is -2.20. The molecule has 0 spiro atoms. The lowest BCUT2D eigenvalue weighted by molar-refractivity contribution is 0.579. The van der Waals surface area contributed by atoms with Gasteiger partial charge < -0.3 is 15.5 Å². The maximum absolute atomic E-state index is 13.6. The predicted octanol–water partition coefficient (Wildman–Crippen LogP) is 5.38. The Kier molecular flexibility index (Phi) is 5.80. The molecule has 0 unspecified atom stereocenters. The number of nitrogens with one attached hydrogen (secondary N) is 2. The SMILES string of the molecule is Fc1cc(F)cc(CN2CCc3cc(Nc4ncnc5cc(C#C[C@H]6CCCN6)sc45)ccc32)c1. The summed E-state index contributed by atoms with van der Waals surface area (Å²) in [4.78, 5) is 12.0. The van der Waals surface area contributed by atoms with Gasteiger partial charge in [0.05, 0.1) is 21.1 Å². The zero-order valence-corrected chi connectivity index (χ0v) is 19.8. The van der Waals surface area contributed by atoms with Crippen molar-refractivity contribution >= 4 is 38.7 Å². The van der Waals surface area contributed by atoms with Gasteiger partial charge in [0.25, 0.3) is 0 Å². The molecule has 2 aromatic carbocycles. The smallest absolute Gasteiger partial charge is 0.151 e. The molecule has 0 radical (unpaired) electrons. The third-order valence-electron chi connectivity index (χ3n) is 6.37. The van der Waals surface area contributed by atoms with E-state index in [0.29, 0.717) is 12.1 Å². The molecule has 35 heavy (non-hydrogen) atoms. The van der Waals surface area contributed by atoms with Gasteiger partial charge >= 0.3 is 0 Å². The van der Waals surface area contributed by atoms with Gasteiger partial charge in [0.15, 0.2) is 5.82 Å². The fourth-order valence-electron chi connectivity index (χ4n) is 4.74. The molecule has 6 rings (SSSR count). The second kappa shape index (κ2) is 9.25. The van der Waals surface area contributed by atoms with Crippen molar-refractivity contribution < 1.29 is 8.78 Å². The number of halogens is 2. The van der Waals surface area contributed by atoms with E-state index in [9.17, 15) is 8.78 Å². The Morgan fingerprint density at radius 1 is 1.11 bits per heavy atom. The summed E-state index contributed by atoms with van der Waals surface area (Å²) in [5.41, 5.74) is 4.73. The minimum Gasteiger partial charge on any atom is -0.367 e. The maximum Gasteiger partial charge on any atom is 0.151 e. The number of fused-ring (bicyclic) bond motifs is 2. The first-order chi connectivity index (χ1) is 17.1. The number of hydrogen-bond donors (Lipinski definition) is 2. The molecule has 0 aliphatic carbocycles. The van der Waals surface area contributed by atoms with Gasteiger partial charge in [-0.25, -0.2) is 18.7 Å². The van der Waals surface area contributed by atoms with E-state index in [0.717, 1.165) is 64.3 Å². The predicted molar refractivity (Wildman–Crippen MR) is 136 cm³/mol. The molecular formula is C27H23F2N5S. The van der Waals surface area contributed by atoms with Crippen LogP contribution in [0.3, 0.4) is 0 Å². The highest BCUT2D eigenvalue weighted by Crippen LogP contribution is 2.35. The largest absolute Gasteiger partial charge is 0.367 e. The molecule has 1 atom stereocenters. The Bertz CT molecular complexity index is 1450. The van der Waals surface area contributed by atoms with Gasteiger partial charge in [-0.15, -0.1) is 11.3 Å². The molecule has 0 bridgehead atoms. The molecule has 5 nitrogen and oxygen atoms in total. The summed E-state index contributed by atoms with van der Waals surface area (Å²) in [5.74, 6) is 6.27. The Balaban J connectivity index is 1.21. The molecule has 2 N–H and O–H groups in total. The molecule has 176 valence electrons. The van der Waals surface area contributed by atoms with Crippen molar-refractivity contribution in [1.82, 2.24) is 15.3 Å². The summed E-state index contributed by atoms with van der Waals surface area (Å²) in [6, 6.07) is 12.2. The first-order valence-electron chi connectivity index (χ1n) is 11.7. The van der Waals surface area contributed by atoms with Gasteiger partial charge in [-0.3, -0.25) is 0 Å². The number of rotatable bonds is 4. The molecule has 2 aliphatic heterocycles. The van der Waals surface area contributed by atoms with Crippen LogP contribution in [0, 0.1) is 23.5 Å². The van der Waals surface area contributed by atoms with Crippen LogP contribution in [-0.2, 0) is 13.0 Å². The Labute approximate surface area is 206 Å². The Morgan fingerprint density at radius 2 is 2.00 bits per heavy atom. The van der Waals surface area contributed by atoms with Crippen LogP contribution in [0.1, 0.15) is 28.8 Å². The van der Waals surface area contributed by atoms with Crippen molar-refractivity contribution in [1.29, 1.82) is 0 Å². The number of hydrogen-bond acceptors (Lipinski definition) is 6. The second-order valence-corrected chi connectivity index (χ2v) is 9.94. The molecule has 1 saturated heterocycles. The molecule has 1 fully saturated rings. The summed E-state index contributed by atoms with van der Waals surface area (Å²) in [5, 5.41) is 6.85. The van der Waals surface area contributed by atoms with Crippen LogP contribution in [0.5, 0.6) is 0 Å². The van der Waals surface area contributed by atoms with Gasteiger partial charge in [-0.1, -0.05) is 11.8 Å². The summed E-state index contributed by atoms with van der Waals surface area (Å²) in [6.45, 7) is 2.31. The molecule has 0 amide bonds. The second-order valence-electron chi connectivity index (χ2n) is 8.88. The van der Waals surface area contributed by atoms with Crippen LogP contribution in [0.15, 0.2) is 48.8 Å². The number of aromatic nitrogens is 2. The fraction of sp³-hybridized carbons (Fsp3) is 0.259. The highest BCUT2D eigenvalue weighted by molar-refractivity contribution is 7.20. The van der Waals surface area contributed by atoms with Gasteiger partial charge in [0, 0.05) is 30.5 Å². The van der Waals surface area contributed by atoms with Gasteiger partial charge in [-0.2, -0.15) is 0 Å². The van der Waals surface area contributed by atoms with Crippen molar-refractivity contribution in [2.45, 2.75) is 31.8 Å². The number of benzene rings is 2. The third-order valence-corrected chi connectivity index (χ3v) is 7.42. The summed E-state index contributed by atoms with van der Waals surface area (Å²) < 4.78 is 28.2. The highest BCUT2D eigenvalue weighted by Gasteiger charge is 2.20. The van der Waals surface area contributed by atoms with Crippen molar-refractivity contribution in [2.24, 2.45) is 0 Å². The average Bonchev–Trinajstić information content (AvgIpc) is 3.57. The zero-order chi connectivity index (χ0) is 23.8. The van der Waals surface area contributed by atoms with E-state index in [-0.39, 0.29) is 6.04 Å². The molecule has 0 saturated carbocycles. The number of nitrogens with zero attached hydrogens (tertiary/aromatic N) is 3. The minimum absolute atomic E-state index is 0.273. The summed E-state index contributed by atoms with van der Waals surface area (Å²) in [7, 11) is 0. The lowest BCUT2D eigenvalue weighted by atomic mass is 10.1. The lowest BCUT2D eigenvalue weighted by Crippen LogP contribution is -2.19. The average molecular weight is 488 g/mol. The van der Waals surface area contributed by atoms with Crippen molar-refractivity contribution in [3.63, 3.8) is 0 Å². The van der Waals surface area contributed by atoms with Crippen LogP contribution in [0.4, 0.5) is 26.0 Å². The highest BCUT2D eigenvalue weighted by atomic mass is 32.1. The zero-order valence-electron chi connectivity index (χ0n) is 18.9. The van der Waals surface area contributed by atoms with Crippen molar-refractivity contribution in [3.05, 3.63) is 76.4 Å². The third kappa shape index (κ3) is 4.70. The van der Waals surface area contributed by atoms with Crippen molar-refractivity contribution in [3.8, 4) is 11.8 Å². The summed E-state index contributed by atoms with van der Waals surface area (Å²) >= 11 is 1.60. The van der Waals surface area contributed by atoms with Crippen LogP contribution >= 0.6 is 11.3 Å². The van der Waals surface area contributed by atoms with Crippen LogP contribution in [-0.4, -0.2) is 29.1 Å². The monoisotopic (exact) mass is 487 g/mol. The standard InChI is InChI=1S/C27H23F2N5S/c28-19-10-17(11-20(29)13-19)15-34-9-7-18-12-22(4-6-25(18)34)33-27-26-24(31-16-32-27)14-23(35-26)5-3-21-2-1-8-30-21/h4,6,10-14,16,21,30H,1-2,7-9,15H2,(H,31,32,33)/t21-/m1/s1.